The maximum absolute atomic E-state index is 13.1. The fourth-order valence-electron chi connectivity index (χ4n) is 1.00. The van der Waals surface area contributed by atoms with Crippen molar-refractivity contribution < 1.29 is 4.39 Å². The van der Waals surface area contributed by atoms with Gasteiger partial charge in [0, 0.05) is 11.6 Å². The van der Waals surface area contributed by atoms with Gasteiger partial charge in [-0.2, -0.15) is 4.98 Å². The Morgan fingerprint density at radius 2 is 2.33 bits per heavy atom. The Kier molecular flexibility index (Phi) is 2.72. The lowest BCUT2D eigenvalue weighted by Gasteiger charge is -2.04. The van der Waals surface area contributed by atoms with Crippen LogP contribution in [0.2, 0.25) is 0 Å². The van der Waals surface area contributed by atoms with Crippen LogP contribution in [0.25, 0.3) is 0 Å². The maximum Gasteiger partial charge on any atom is 0.222 e. The van der Waals surface area contributed by atoms with E-state index in [1.54, 1.807) is 6.20 Å². The molecule has 0 spiro atoms. The van der Waals surface area contributed by atoms with Gasteiger partial charge >= 0.3 is 0 Å². The Hall–Kier alpha value is -1.76. The Balaban J connectivity index is 2.07. The highest BCUT2D eigenvalue weighted by Gasteiger charge is 2.05. The lowest BCUT2D eigenvalue weighted by molar-refractivity contribution is 0.617. The Labute approximate surface area is 89.2 Å². The van der Waals surface area contributed by atoms with E-state index in [2.05, 4.69) is 20.3 Å². The molecule has 0 saturated carbocycles. The molecule has 2 heterocycles. The molecule has 0 unspecified atom stereocenters. The number of hydrogen-bond donors (Lipinski definition) is 2. The summed E-state index contributed by atoms with van der Waals surface area (Å²) in [5.41, 5.74) is 5.33. The molecule has 2 aromatic heterocycles. The van der Waals surface area contributed by atoms with Gasteiger partial charge in [-0.05, 0) is 0 Å². The van der Waals surface area contributed by atoms with E-state index >= 15 is 0 Å². The molecule has 0 fully saturated rings. The van der Waals surface area contributed by atoms with Crippen LogP contribution in [-0.2, 0) is 6.54 Å². The van der Waals surface area contributed by atoms with Gasteiger partial charge in [0.05, 0.1) is 12.7 Å². The van der Waals surface area contributed by atoms with E-state index < -0.39 is 5.82 Å². The summed E-state index contributed by atoms with van der Waals surface area (Å²) < 4.78 is 13.1. The van der Waals surface area contributed by atoms with Crippen molar-refractivity contribution in [2.45, 2.75) is 6.54 Å². The lowest BCUT2D eigenvalue weighted by atomic mass is 10.5. The molecule has 7 heteroatoms. The van der Waals surface area contributed by atoms with Crippen molar-refractivity contribution in [2.75, 3.05) is 11.1 Å². The van der Waals surface area contributed by atoms with Crippen LogP contribution < -0.4 is 11.1 Å². The number of rotatable bonds is 3. The Morgan fingerprint density at radius 3 is 3.07 bits per heavy atom. The Morgan fingerprint density at radius 1 is 1.47 bits per heavy atom. The smallest absolute Gasteiger partial charge is 0.222 e. The summed E-state index contributed by atoms with van der Waals surface area (Å²) in [4.78, 5) is 11.3. The fraction of sp³-hybridized carbons (Fsp3) is 0.125. The van der Waals surface area contributed by atoms with Crippen molar-refractivity contribution in [3.63, 3.8) is 0 Å². The third-order valence-electron chi connectivity index (χ3n) is 1.65. The highest BCUT2D eigenvalue weighted by Crippen LogP contribution is 2.12. The maximum atomic E-state index is 13.1. The van der Waals surface area contributed by atoms with Gasteiger partial charge in [0.25, 0.3) is 0 Å². The number of halogens is 1. The third kappa shape index (κ3) is 2.38. The topological polar surface area (TPSA) is 76.7 Å². The molecule has 0 bridgehead atoms. The normalized spacial score (nSPS) is 10.2. The van der Waals surface area contributed by atoms with Crippen molar-refractivity contribution in [1.82, 2.24) is 15.0 Å². The van der Waals surface area contributed by atoms with E-state index in [1.165, 1.54) is 11.3 Å². The SMILES string of the molecule is Nc1ncc(F)c(NCc2nccs2)n1. The molecule has 2 aromatic rings. The van der Waals surface area contributed by atoms with Crippen molar-refractivity contribution >= 4 is 23.1 Å². The number of aromatic nitrogens is 3. The zero-order valence-corrected chi connectivity index (χ0v) is 8.46. The molecule has 0 amide bonds. The average molecular weight is 225 g/mol. The standard InChI is InChI=1S/C8H8FN5S/c9-5-3-13-8(10)14-7(5)12-4-6-11-1-2-15-6/h1-3H,4H2,(H3,10,12,13,14). The molecule has 0 radical (unpaired) electrons. The molecule has 0 aliphatic carbocycles. The second kappa shape index (κ2) is 4.18. The van der Waals surface area contributed by atoms with Crippen LogP contribution in [0.4, 0.5) is 16.2 Å². The van der Waals surface area contributed by atoms with Gasteiger partial charge in [0.1, 0.15) is 5.01 Å². The number of nitrogens with zero attached hydrogens (tertiary/aromatic N) is 3. The van der Waals surface area contributed by atoms with Crippen molar-refractivity contribution in [3.05, 3.63) is 28.6 Å². The Bertz CT molecular complexity index is 444. The minimum absolute atomic E-state index is 0.0399. The lowest BCUT2D eigenvalue weighted by Crippen LogP contribution is -2.06. The molecule has 0 aliphatic heterocycles. The van der Waals surface area contributed by atoms with Crippen LogP contribution in [-0.4, -0.2) is 15.0 Å². The number of thiazole rings is 1. The molecule has 2 rings (SSSR count). The van der Waals surface area contributed by atoms with Gasteiger partial charge in [0.15, 0.2) is 11.6 Å². The second-order valence-corrected chi connectivity index (χ2v) is 3.68. The van der Waals surface area contributed by atoms with Gasteiger partial charge in [-0.15, -0.1) is 11.3 Å². The van der Waals surface area contributed by atoms with Gasteiger partial charge < -0.3 is 11.1 Å². The summed E-state index contributed by atoms with van der Waals surface area (Å²) in [5, 5.41) is 5.50. The second-order valence-electron chi connectivity index (χ2n) is 2.70. The van der Waals surface area contributed by atoms with Gasteiger partial charge in [-0.3, -0.25) is 0 Å². The fourth-order valence-corrected chi connectivity index (χ4v) is 1.56. The van der Waals surface area contributed by atoms with Crippen LogP contribution in [0, 0.1) is 5.82 Å². The van der Waals surface area contributed by atoms with Crippen LogP contribution in [0.5, 0.6) is 0 Å². The summed E-state index contributed by atoms with van der Waals surface area (Å²) in [7, 11) is 0. The summed E-state index contributed by atoms with van der Waals surface area (Å²) in [6, 6.07) is 0. The summed E-state index contributed by atoms with van der Waals surface area (Å²) in [6.07, 6.45) is 2.72. The van der Waals surface area contributed by atoms with Crippen molar-refractivity contribution in [2.24, 2.45) is 0 Å². The first-order valence-corrected chi connectivity index (χ1v) is 5.04. The zero-order valence-electron chi connectivity index (χ0n) is 7.64. The van der Waals surface area contributed by atoms with Crippen LogP contribution in [0.1, 0.15) is 5.01 Å². The number of hydrogen-bond acceptors (Lipinski definition) is 6. The van der Waals surface area contributed by atoms with Gasteiger partial charge in [-0.1, -0.05) is 0 Å². The van der Waals surface area contributed by atoms with Crippen LogP contribution >= 0.6 is 11.3 Å². The van der Waals surface area contributed by atoms with Gasteiger partial charge in [-0.25, -0.2) is 14.4 Å². The molecule has 0 aromatic carbocycles. The van der Waals surface area contributed by atoms with Crippen LogP contribution in [0.15, 0.2) is 17.8 Å². The largest absolute Gasteiger partial charge is 0.368 e. The number of nitrogens with one attached hydrogen (secondary N) is 1. The predicted molar refractivity (Wildman–Crippen MR) is 55.8 cm³/mol. The highest BCUT2D eigenvalue weighted by atomic mass is 32.1. The van der Waals surface area contributed by atoms with Crippen molar-refractivity contribution in [3.8, 4) is 0 Å². The molecular weight excluding hydrogens is 217 g/mol. The summed E-state index contributed by atoms with van der Waals surface area (Å²) in [5.74, 6) is -0.392. The molecule has 3 N–H and O–H groups in total. The van der Waals surface area contributed by atoms with Crippen molar-refractivity contribution in [1.29, 1.82) is 0 Å². The third-order valence-corrected chi connectivity index (χ3v) is 2.43. The molecule has 78 valence electrons. The van der Waals surface area contributed by atoms with E-state index in [-0.39, 0.29) is 11.8 Å². The number of nitrogen functional groups attached to an aromatic ring is 1. The predicted octanol–water partition coefficient (Wildman–Crippen LogP) is 1.27. The minimum atomic E-state index is -0.527. The molecule has 0 atom stereocenters. The molecule has 5 nitrogen and oxygen atoms in total. The first-order chi connectivity index (χ1) is 7.25. The first kappa shape index (κ1) is 9.78. The highest BCUT2D eigenvalue weighted by molar-refractivity contribution is 7.09. The summed E-state index contributed by atoms with van der Waals surface area (Å²) in [6.45, 7) is 0.422. The number of anilines is 2. The number of nitrogens with two attached hydrogens (primary N) is 1. The quantitative estimate of drug-likeness (QED) is 0.822. The average Bonchev–Trinajstić information content (AvgIpc) is 2.72. The molecular formula is C8H8FN5S. The van der Waals surface area contributed by atoms with E-state index in [4.69, 9.17) is 5.73 Å². The molecule has 15 heavy (non-hydrogen) atoms. The molecule has 0 saturated heterocycles. The van der Waals surface area contributed by atoms with E-state index in [9.17, 15) is 4.39 Å². The first-order valence-electron chi connectivity index (χ1n) is 4.16. The molecule has 0 aliphatic rings. The monoisotopic (exact) mass is 225 g/mol. The summed E-state index contributed by atoms with van der Waals surface area (Å²) >= 11 is 1.48. The van der Waals surface area contributed by atoms with E-state index in [1.807, 2.05) is 5.38 Å². The zero-order chi connectivity index (χ0) is 10.7. The van der Waals surface area contributed by atoms with Crippen LogP contribution in [0.3, 0.4) is 0 Å². The van der Waals surface area contributed by atoms with E-state index in [0.717, 1.165) is 11.2 Å². The van der Waals surface area contributed by atoms with Gasteiger partial charge in [0.2, 0.25) is 5.95 Å². The minimum Gasteiger partial charge on any atom is -0.368 e. The van der Waals surface area contributed by atoms with E-state index in [0.29, 0.717) is 6.54 Å².